The molecule has 114 valence electrons. The van der Waals surface area contributed by atoms with Crippen LogP contribution in [0.3, 0.4) is 0 Å². The van der Waals surface area contributed by atoms with E-state index in [-0.39, 0.29) is 5.43 Å². The molecule has 23 heavy (non-hydrogen) atoms. The van der Waals surface area contributed by atoms with Crippen molar-refractivity contribution in [2.24, 2.45) is 0 Å². The van der Waals surface area contributed by atoms with E-state index in [0.29, 0.717) is 16.7 Å². The largest absolute Gasteiger partial charge is 0.455 e. The van der Waals surface area contributed by atoms with E-state index in [1.807, 2.05) is 42.5 Å². The van der Waals surface area contributed by atoms with Crippen LogP contribution < -0.4 is 5.43 Å². The van der Waals surface area contributed by atoms with Gasteiger partial charge in [-0.1, -0.05) is 48.5 Å². The Balaban J connectivity index is 1.97. The number of allylic oxidation sites excluding steroid dienone is 2. The van der Waals surface area contributed by atoms with Crippen LogP contribution in [0.25, 0.3) is 27.9 Å². The smallest absolute Gasteiger partial charge is 0.193 e. The standard InChI is InChI=1S/C21H18O2/c22-19-14-20(16-10-5-2-6-11-16)23-21-17(12-7-13-18(19)21)15-8-3-1-4-9-15/h2,5-8,10-14H,1,3-4,9H2. The number of fused-ring (bicyclic) bond motifs is 1. The van der Waals surface area contributed by atoms with E-state index >= 15 is 0 Å². The molecule has 0 atom stereocenters. The highest BCUT2D eigenvalue weighted by atomic mass is 16.3. The van der Waals surface area contributed by atoms with Crippen LogP contribution in [-0.4, -0.2) is 0 Å². The second-order valence-electron chi connectivity index (χ2n) is 6.00. The van der Waals surface area contributed by atoms with E-state index in [1.54, 1.807) is 6.07 Å². The lowest BCUT2D eigenvalue weighted by molar-refractivity contribution is 0.617. The Morgan fingerprint density at radius 1 is 0.913 bits per heavy atom. The van der Waals surface area contributed by atoms with Crippen LogP contribution in [0.2, 0.25) is 0 Å². The van der Waals surface area contributed by atoms with Crippen LogP contribution in [0.15, 0.2) is 69.9 Å². The first-order chi connectivity index (χ1) is 11.3. The van der Waals surface area contributed by atoms with Crippen molar-refractivity contribution in [3.63, 3.8) is 0 Å². The average Bonchev–Trinajstić information content (AvgIpc) is 2.63. The van der Waals surface area contributed by atoms with Gasteiger partial charge in [0.15, 0.2) is 5.43 Å². The Kier molecular flexibility index (Phi) is 3.58. The number of hydrogen-bond acceptors (Lipinski definition) is 2. The molecule has 0 spiro atoms. The van der Waals surface area contributed by atoms with Crippen LogP contribution in [0.1, 0.15) is 31.2 Å². The number of benzene rings is 2. The van der Waals surface area contributed by atoms with Gasteiger partial charge in [0, 0.05) is 17.2 Å². The molecule has 0 radical (unpaired) electrons. The van der Waals surface area contributed by atoms with Gasteiger partial charge in [-0.05, 0) is 37.3 Å². The molecule has 0 saturated carbocycles. The van der Waals surface area contributed by atoms with Crippen LogP contribution in [0.4, 0.5) is 0 Å². The number of para-hydroxylation sites is 1. The van der Waals surface area contributed by atoms with Crippen LogP contribution >= 0.6 is 0 Å². The summed E-state index contributed by atoms with van der Waals surface area (Å²) in [5.74, 6) is 0.631. The van der Waals surface area contributed by atoms with Gasteiger partial charge in [0.05, 0.1) is 5.39 Å². The Hall–Kier alpha value is -2.61. The highest BCUT2D eigenvalue weighted by Crippen LogP contribution is 2.32. The fourth-order valence-electron chi connectivity index (χ4n) is 3.26. The zero-order valence-corrected chi connectivity index (χ0v) is 12.9. The predicted octanol–water partition coefficient (Wildman–Crippen LogP) is 5.42. The predicted molar refractivity (Wildman–Crippen MR) is 94.4 cm³/mol. The van der Waals surface area contributed by atoms with Gasteiger partial charge < -0.3 is 4.42 Å². The first-order valence-corrected chi connectivity index (χ1v) is 8.14. The summed E-state index contributed by atoms with van der Waals surface area (Å²) in [4.78, 5) is 12.5. The quantitative estimate of drug-likeness (QED) is 0.633. The van der Waals surface area contributed by atoms with Gasteiger partial charge >= 0.3 is 0 Å². The van der Waals surface area contributed by atoms with E-state index < -0.39 is 0 Å². The second kappa shape index (κ2) is 5.88. The first kappa shape index (κ1) is 14.0. The van der Waals surface area contributed by atoms with Crippen molar-refractivity contribution in [1.82, 2.24) is 0 Å². The number of hydrogen-bond donors (Lipinski definition) is 0. The van der Waals surface area contributed by atoms with Gasteiger partial charge in [-0.15, -0.1) is 0 Å². The molecule has 2 nitrogen and oxygen atoms in total. The van der Waals surface area contributed by atoms with E-state index in [1.165, 1.54) is 18.4 Å². The molecule has 0 unspecified atom stereocenters. The van der Waals surface area contributed by atoms with Crippen molar-refractivity contribution in [3.8, 4) is 11.3 Å². The summed E-state index contributed by atoms with van der Waals surface area (Å²) in [6, 6.07) is 17.3. The van der Waals surface area contributed by atoms with Crippen LogP contribution in [-0.2, 0) is 0 Å². The molecule has 1 aliphatic rings. The molecule has 1 aliphatic carbocycles. The average molecular weight is 302 g/mol. The maximum Gasteiger partial charge on any atom is 0.193 e. The summed E-state index contributed by atoms with van der Waals surface area (Å²) in [7, 11) is 0. The molecule has 0 fully saturated rings. The van der Waals surface area contributed by atoms with Gasteiger partial charge in [-0.3, -0.25) is 4.79 Å². The summed E-state index contributed by atoms with van der Waals surface area (Å²) in [6.07, 6.45) is 6.89. The third kappa shape index (κ3) is 2.61. The molecule has 0 aliphatic heterocycles. The topological polar surface area (TPSA) is 30.2 Å². The second-order valence-corrected chi connectivity index (χ2v) is 6.00. The fraction of sp³-hybridized carbons (Fsp3) is 0.190. The lowest BCUT2D eigenvalue weighted by Gasteiger charge is -2.14. The Labute approximate surface area is 135 Å². The van der Waals surface area contributed by atoms with Crippen molar-refractivity contribution < 1.29 is 4.42 Å². The van der Waals surface area contributed by atoms with E-state index in [4.69, 9.17) is 4.42 Å². The normalized spacial score (nSPS) is 14.7. The summed E-state index contributed by atoms with van der Waals surface area (Å²) in [5.41, 5.74) is 4.03. The zero-order chi connectivity index (χ0) is 15.6. The lowest BCUT2D eigenvalue weighted by Crippen LogP contribution is -2.02. The summed E-state index contributed by atoms with van der Waals surface area (Å²) < 4.78 is 6.17. The molecule has 0 amide bonds. The molecule has 0 saturated heterocycles. The minimum absolute atomic E-state index is 0.0170. The molecule has 1 heterocycles. The fourth-order valence-corrected chi connectivity index (χ4v) is 3.26. The van der Waals surface area contributed by atoms with Crippen LogP contribution in [0.5, 0.6) is 0 Å². The monoisotopic (exact) mass is 302 g/mol. The Morgan fingerprint density at radius 3 is 2.57 bits per heavy atom. The highest BCUT2D eigenvalue weighted by Gasteiger charge is 2.14. The molecule has 2 heteroatoms. The summed E-state index contributed by atoms with van der Waals surface area (Å²) in [6.45, 7) is 0. The molecule has 2 aromatic carbocycles. The zero-order valence-electron chi connectivity index (χ0n) is 12.9. The van der Waals surface area contributed by atoms with Gasteiger partial charge in [0.25, 0.3) is 0 Å². The maximum absolute atomic E-state index is 12.5. The molecule has 0 N–H and O–H groups in total. The Bertz CT molecular complexity index is 933. The van der Waals surface area contributed by atoms with Crippen molar-refractivity contribution in [3.05, 3.63) is 76.5 Å². The van der Waals surface area contributed by atoms with Crippen molar-refractivity contribution in [2.75, 3.05) is 0 Å². The van der Waals surface area contributed by atoms with E-state index in [0.717, 1.165) is 24.0 Å². The molecular formula is C21H18O2. The van der Waals surface area contributed by atoms with Gasteiger partial charge in [-0.2, -0.15) is 0 Å². The first-order valence-electron chi connectivity index (χ1n) is 8.14. The van der Waals surface area contributed by atoms with E-state index in [9.17, 15) is 4.79 Å². The van der Waals surface area contributed by atoms with Crippen molar-refractivity contribution in [1.29, 1.82) is 0 Å². The third-order valence-corrected chi connectivity index (χ3v) is 4.45. The minimum atomic E-state index is 0.0170. The van der Waals surface area contributed by atoms with Crippen LogP contribution in [0, 0.1) is 0 Å². The molecular weight excluding hydrogens is 284 g/mol. The van der Waals surface area contributed by atoms with Gasteiger partial charge in [0.1, 0.15) is 11.3 Å². The molecule has 1 aromatic heterocycles. The highest BCUT2D eigenvalue weighted by molar-refractivity contribution is 5.90. The molecule has 4 rings (SSSR count). The van der Waals surface area contributed by atoms with Gasteiger partial charge in [0.2, 0.25) is 0 Å². The summed E-state index contributed by atoms with van der Waals surface area (Å²) >= 11 is 0. The lowest BCUT2D eigenvalue weighted by atomic mass is 9.92. The summed E-state index contributed by atoms with van der Waals surface area (Å²) in [5, 5.41) is 0.661. The molecule has 3 aromatic rings. The third-order valence-electron chi connectivity index (χ3n) is 4.45. The van der Waals surface area contributed by atoms with Crippen molar-refractivity contribution >= 4 is 16.5 Å². The van der Waals surface area contributed by atoms with E-state index in [2.05, 4.69) is 12.1 Å². The number of rotatable bonds is 2. The Morgan fingerprint density at radius 2 is 1.78 bits per heavy atom. The van der Waals surface area contributed by atoms with Gasteiger partial charge in [-0.25, -0.2) is 0 Å². The SMILES string of the molecule is O=c1cc(-c2ccccc2)oc2c(C3=CCCCC3)cccc12. The molecule has 0 bridgehead atoms. The maximum atomic E-state index is 12.5. The minimum Gasteiger partial charge on any atom is -0.455 e. The van der Waals surface area contributed by atoms with Crippen molar-refractivity contribution in [2.45, 2.75) is 25.7 Å².